The highest BCUT2D eigenvalue weighted by Crippen LogP contribution is 2.35. The molecule has 0 amide bonds. The molecule has 1 heterocycles. The number of hydrogen-bond donors (Lipinski definition) is 1. The molecule has 9 heteroatoms. The molecule has 0 bridgehead atoms. The van der Waals surface area contributed by atoms with Crippen molar-refractivity contribution in [1.29, 1.82) is 0 Å². The van der Waals surface area contributed by atoms with Crippen LogP contribution < -0.4 is 15.0 Å². The first-order chi connectivity index (χ1) is 13.5. The molecule has 0 atom stereocenters. The van der Waals surface area contributed by atoms with Crippen molar-refractivity contribution in [3.8, 4) is 22.6 Å². The van der Waals surface area contributed by atoms with Gasteiger partial charge >= 0.3 is 0 Å². The second-order valence-corrected chi connectivity index (χ2v) is 8.36. The van der Waals surface area contributed by atoms with Crippen molar-refractivity contribution < 1.29 is 21.9 Å². The van der Waals surface area contributed by atoms with Gasteiger partial charge in [0.25, 0.3) is 5.56 Å². The lowest BCUT2D eigenvalue weighted by Gasteiger charge is -2.15. The average Bonchev–Trinajstić information content (AvgIpc) is 2.60. The first kappa shape index (κ1) is 20.5. The van der Waals surface area contributed by atoms with Gasteiger partial charge < -0.3 is 9.30 Å². The molecule has 1 N–H and O–H groups in total. The molecule has 0 saturated heterocycles. The Kier molecular flexibility index (Phi) is 5.43. The van der Waals surface area contributed by atoms with Crippen LogP contribution in [0.15, 0.2) is 53.5 Å². The number of rotatable bonds is 5. The zero-order chi connectivity index (χ0) is 21.3. The predicted octanol–water partition coefficient (Wildman–Crippen LogP) is 3.80. The van der Waals surface area contributed by atoms with E-state index in [0.717, 1.165) is 24.0 Å². The van der Waals surface area contributed by atoms with Gasteiger partial charge in [-0.25, -0.2) is 17.2 Å². The van der Waals surface area contributed by atoms with Crippen molar-refractivity contribution >= 4 is 15.7 Å². The molecule has 0 radical (unpaired) electrons. The SMILES string of the molecule is Cc1cc(-c2cc(NS(C)(=O)=O)ccc2Oc2ccc(F)cc2F)c(=O)n(C)c1. The smallest absolute Gasteiger partial charge is 0.258 e. The van der Waals surface area contributed by atoms with Crippen molar-refractivity contribution in [1.82, 2.24) is 4.57 Å². The number of pyridine rings is 1. The zero-order valence-corrected chi connectivity index (χ0v) is 16.7. The summed E-state index contributed by atoms with van der Waals surface area (Å²) in [6.45, 7) is 1.79. The largest absolute Gasteiger partial charge is 0.454 e. The second kappa shape index (κ2) is 7.67. The molecule has 2 aromatic carbocycles. The quantitative estimate of drug-likeness (QED) is 0.681. The lowest BCUT2D eigenvalue weighted by molar-refractivity contribution is 0.439. The van der Waals surface area contributed by atoms with Gasteiger partial charge in [-0.05, 0) is 48.9 Å². The minimum absolute atomic E-state index is 0.109. The topological polar surface area (TPSA) is 77.4 Å². The first-order valence-corrected chi connectivity index (χ1v) is 10.3. The number of nitrogens with zero attached hydrogens (tertiary/aromatic N) is 1. The van der Waals surface area contributed by atoms with E-state index in [4.69, 9.17) is 4.74 Å². The molecule has 1 aromatic heterocycles. The number of aryl methyl sites for hydroxylation is 2. The molecule has 0 aliphatic carbocycles. The Balaban J connectivity index is 2.19. The van der Waals surface area contributed by atoms with E-state index in [1.807, 2.05) is 0 Å². The summed E-state index contributed by atoms with van der Waals surface area (Å²) in [5.74, 6) is -1.79. The normalized spacial score (nSPS) is 11.3. The summed E-state index contributed by atoms with van der Waals surface area (Å²) >= 11 is 0. The highest BCUT2D eigenvalue weighted by Gasteiger charge is 2.16. The van der Waals surface area contributed by atoms with Crippen LogP contribution in [0, 0.1) is 18.6 Å². The molecule has 0 fully saturated rings. The van der Waals surface area contributed by atoms with Gasteiger partial charge in [0.1, 0.15) is 11.6 Å². The molecule has 3 rings (SSSR count). The van der Waals surface area contributed by atoms with E-state index in [0.29, 0.717) is 6.07 Å². The number of benzene rings is 2. The molecule has 29 heavy (non-hydrogen) atoms. The molecule has 0 aliphatic rings. The fourth-order valence-corrected chi connectivity index (χ4v) is 3.41. The van der Waals surface area contributed by atoms with Crippen molar-refractivity contribution in [3.05, 3.63) is 76.2 Å². The maximum atomic E-state index is 14.1. The third-order valence-corrected chi connectivity index (χ3v) is 4.61. The van der Waals surface area contributed by atoms with Gasteiger partial charge in [0.2, 0.25) is 10.0 Å². The van der Waals surface area contributed by atoms with E-state index in [9.17, 15) is 22.0 Å². The van der Waals surface area contributed by atoms with Gasteiger partial charge in [0, 0.05) is 30.6 Å². The minimum atomic E-state index is -3.56. The standard InChI is InChI=1S/C20H18F2N2O4S/c1-12-8-16(20(25)24(2)11-12)15-10-14(23-29(3,26)27)5-7-18(15)28-19-6-4-13(21)9-17(19)22/h4-11,23H,1-3H3. The van der Waals surface area contributed by atoms with Crippen LogP contribution in [0.3, 0.4) is 0 Å². The molecule has 0 saturated carbocycles. The zero-order valence-electron chi connectivity index (χ0n) is 15.9. The lowest BCUT2D eigenvalue weighted by Crippen LogP contribution is -2.18. The predicted molar refractivity (Wildman–Crippen MR) is 107 cm³/mol. The van der Waals surface area contributed by atoms with Crippen LogP contribution in [-0.2, 0) is 17.1 Å². The van der Waals surface area contributed by atoms with Crippen LogP contribution in [0.4, 0.5) is 14.5 Å². The van der Waals surface area contributed by atoms with E-state index in [2.05, 4.69) is 4.72 Å². The highest BCUT2D eigenvalue weighted by atomic mass is 32.2. The highest BCUT2D eigenvalue weighted by molar-refractivity contribution is 7.92. The summed E-state index contributed by atoms with van der Waals surface area (Å²) in [5, 5.41) is 0. The third kappa shape index (κ3) is 4.80. The van der Waals surface area contributed by atoms with Crippen molar-refractivity contribution in [2.24, 2.45) is 7.05 Å². The van der Waals surface area contributed by atoms with Gasteiger partial charge in [-0.15, -0.1) is 0 Å². The Morgan fingerprint density at radius 1 is 1.00 bits per heavy atom. The number of nitrogens with one attached hydrogen (secondary N) is 1. The van der Waals surface area contributed by atoms with Gasteiger partial charge in [-0.3, -0.25) is 9.52 Å². The average molecular weight is 420 g/mol. The molecule has 3 aromatic rings. The van der Waals surface area contributed by atoms with Crippen LogP contribution in [0.25, 0.3) is 11.1 Å². The Morgan fingerprint density at radius 3 is 2.34 bits per heavy atom. The molecular formula is C20H18F2N2O4S. The maximum Gasteiger partial charge on any atom is 0.258 e. The summed E-state index contributed by atoms with van der Waals surface area (Å²) in [7, 11) is -1.98. The van der Waals surface area contributed by atoms with E-state index < -0.39 is 21.7 Å². The van der Waals surface area contributed by atoms with Crippen LogP contribution in [0.2, 0.25) is 0 Å². The Hall–Kier alpha value is -3.20. The molecule has 0 aliphatic heterocycles. The van der Waals surface area contributed by atoms with Gasteiger partial charge in [-0.2, -0.15) is 0 Å². The number of halogens is 2. The summed E-state index contributed by atoms with van der Waals surface area (Å²) in [5.41, 5.74) is 1.13. The Morgan fingerprint density at radius 2 is 1.69 bits per heavy atom. The number of anilines is 1. The maximum absolute atomic E-state index is 14.1. The monoisotopic (exact) mass is 420 g/mol. The summed E-state index contributed by atoms with van der Waals surface area (Å²) in [4.78, 5) is 12.7. The fourth-order valence-electron chi connectivity index (χ4n) is 2.86. The number of aromatic nitrogens is 1. The van der Waals surface area contributed by atoms with Gasteiger partial charge in [0.15, 0.2) is 11.6 Å². The Labute approximate surface area is 166 Å². The van der Waals surface area contributed by atoms with Crippen molar-refractivity contribution in [3.63, 3.8) is 0 Å². The Bertz CT molecular complexity index is 1250. The number of ether oxygens (including phenoxy) is 1. The summed E-state index contributed by atoms with van der Waals surface area (Å²) in [6, 6.07) is 8.73. The summed E-state index contributed by atoms with van der Waals surface area (Å²) < 4.78 is 59.7. The van der Waals surface area contributed by atoms with Crippen LogP contribution in [0.1, 0.15) is 5.56 Å². The van der Waals surface area contributed by atoms with Crippen molar-refractivity contribution in [2.75, 3.05) is 11.0 Å². The molecule has 6 nitrogen and oxygen atoms in total. The molecule has 152 valence electrons. The number of hydrogen-bond acceptors (Lipinski definition) is 4. The van der Waals surface area contributed by atoms with E-state index in [1.54, 1.807) is 26.2 Å². The van der Waals surface area contributed by atoms with Gasteiger partial charge in [-0.1, -0.05) is 0 Å². The van der Waals surface area contributed by atoms with Crippen LogP contribution >= 0.6 is 0 Å². The van der Waals surface area contributed by atoms with Crippen molar-refractivity contribution in [2.45, 2.75) is 6.92 Å². The fraction of sp³-hybridized carbons (Fsp3) is 0.150. The van der Waals surface area contributed by atoms with Crippen LogP contribution in [-0.4, -0.2) is 19.2 Å². The molecule has 0 unspecified atom stereocenters. The van der Waals surface area contributed by atoms with Gasteiger partial charge in [0.05, 0.1) is 11.8 Å². The van der Waals surface area contributed by atoms with E-state index >= 15 is 0 Å². The lowest BCUT2D eigenvalue weighted by atomic mass is 10.0. The van der Waals surface area contributed by atoms with Crippen LogP contribution in [0.5, 0.6) is 11.5 Å². The second-order valence-electron chi connectivity index (χ2n) is 6.61. The molecular weight excluding hydrogens is 402 g/mol. The third-order valence-electron chi connectivity index (χ3n) is 4.01. The minimum Gasteiger partial charge on any atom is -0.454 e. The number of sulfonamides is 1. The van der Waals surface area contributed by atoms with E-state index in [1.165, 1.54) is 22.8 Å². The molecule has 0 spiro atoms. The first-order valence-electron chi connectivity index (χ1n) is 8.46. The summed E-state index contributed by atoms with van der Waals surface area (Å²) in [6.07, 6.45) is 2.64. The van der Waals surface area contributed by atoms with E-state index in [-0.39, 0.29) is 33.9 Å².